The molecule has 1 heterocycles. The van der Waals surface area contributed by atoms with E-state index in [4.69, 9.17) is 4.74 Å². The van der Waals surface area contributed by atoms with E-state index in [0.29, 0.717) is 6.42 Å². The van der Waals surface area contributed by atoms with Crippen LogP contribution in [0.25, 0.3) is 29.4 Å². The first kappa shape index (κ1) is 24.5. The molecular formula is C30H30O2S. The van der Waals surface area contributed by atoms with E-state index in [9.17, 15) is 5.11 Å². The number of aliphatic hydroxyl groups excluding tert-OH is 1. The Morgan fingerprint density at radius 2 is 1.73 bits per heavy atom. The zero-order valence-corrected chi connectivity index (χ0v) is 20.2. The Hall–Kier alpha value is -3.16. The van der Waals surface area contributed by atoms with Crippen LogP contribution >= 0.6 is 11.3 Å². The highest BCUT2D eigenvalue weighted by Crippen LogP contribution is 2.24. The van der Waals surface area contributed by atoms with E-state index in [1.165, 1.54) is 16.7 Å². The predicted molar refractivity (Wildman–Crippen MR) is 143 cm³/mol. The van der Waals surface area contributed by atoms with E-state index in [0.717, 1.165) is 16.7 Å². The van der Waals surface area contributed by atoms with Crippen molar-refractivity contribution in [2.75, 3.05) is 13.7 Å². The van der Waals surface area contributed by atoms with Gasteiger partial charge in [0.15, 0.2) is 0 Å². The summed E-state index contributed by atoms with van der Waals surface area (Å²) in [5.74, 6) is 6.05. The molecule has 0 bridgehead atoms. The Morgan fingerprint density at radius 3 is 2.42 bits per heavy atom. The van der Waals surface area contributed by atoms with E-state index >= 15 is 0 Å². The number of ether oxygens (including phenoxy) is 1. The number of hydrogen-bond acceptors (Lipinski definition) is 3. The number of rotatable bonds is 8. The van der Waals surface area contributed by atoms with Crippen LogP contribution in [0.4, 0.5) is 0 Å². The molecule has 168 valence electrons. The fourth-order valence-corrected chi connectivity index (χ4v) is 3.80. The highest BCUT2D eigenvalue weighted by Gasteiger charge is 2.10. The van der Waals surface area contributed by atoms with E-state index in [2.05, 4.69) is 83.3 Å². The molecule has 1 N–H and O–H groups in total. The van der Waals surface area contributed by atoms with Crippen molar-refractivity contribution >= 4 is 29.6 Å². The quantitative estimate of drug-likeness (QED) is 0.285. The van der Waals surface area contributed by atoms with E-state index in [1.807, 2.05) is 38.1 Å². The summed E-state index contributed by atoms with van der Waals surface area (Å²) in [4.78, 5) is 0. The molecule has 0 aliphatic carbocycles. The molecule has 0 fully saturated rings. The van der Waals surface area contributed by atoms with Gasteiger partial charge < -0.3 is 9.84 Å². The first-order valence-electron chi connectivity index (χ1n) is 10.9. The minimum absolute atomic E-state index is 0.0107. The predicted octanol–water partition coefficient (Wildman–Crippen LogP) is 7.34. The minimum Gasteiger partial charge on any atom is -0.392 e. The molecule has 0 unspecified atom stereocenters. The SMILES string of the molecule is COC(C)(C)C#C/C=C/C/C(=C\c1cccc(/C=C/c2cccc(-c3ccsc3)c2)c1)CO. The van der Waals surface area contributed by atoms with Crippen LogP contribution in [-0.2, 0) is 4.74 Å². The van der Waals surface area contributed by atoms with Gasteiger partial charge in [-0.15, -0.1) is 0 Å². The van der Waals surface area contributed by atoms with Gasteiger partial charge in [-0.1, -0.05) is 72.5 Å². The monoisotopic (exact) mass is 454 g/mol. The summed E-state index contributed by atoms with van der Waals surface area (Å²) in [6.07, 6.45) is 10.7. The summed E-state index contributed by atoms with van der Waals surface area (Å²) < 4.78 is 5.28. The van der Waals surface area contributed by atoms with Crippen molar-refractivity contribution in [2.45, 2.75) is 25.9 Å². The summed E-state index contributed by atoms with van der Waals surface area (Å²) in [5.41, 5.74) is 6.30. The average molecular weight is 455 g/mol. The lowest BCUT2D eigenvalue weighted by Gasteiger charge is -2.13. The number of methoxy groups -OCH3 is 1. The average Bonchev–Trinajstić information content (AvgIpc) is 3.37. The summed E-state index contributed by atoms with van der Waals surface area (Å²) in [7, 11) is 1.65. The topological polar surface area (TPSA) is 29.5 Å². The van der Waals surface area contributed by atoms with Crippen LogP contribution in [0.5, 0.6) is 0 Å². The van der Waals surface area contributed by atoms with Gasteiger partial charge in [-0.05, 0) is 88.7 Å². The van der Waals surface area contributed by atoms with Gasteiger partial charge in [0.05, 0.1) is 6.61 Å². The van der Waals surface area contributed by atoms with Crippen molar-refractivity contribution in [3.8, 4) is 23.0 Å². The number of thiophene rings is 1. The van der Waals surface area contributed by atoms with E-state index < -0.39 is 5.60 Å². The van der Waals surface area contributed by atoms with Crippen molar-refractivity contribution in [1.29, 1.82) is 0 Å². The Bertz CT molecular complexity index is 1190. The lowest BCUT2D eigenvalue weighted by atomic mass is 10.0. The van der Waals surface area contributed by atoms with Crippen molar-refractivity contribution in [2.24, 2.45) is 0 Å². The molecule has 0 saturated carbocycles. The van der Waals surface area contributed by atoms with E-state index in [1.54, 1.807) is 18.4 Å². The van der Waals surface area contributed by atoms with Crippen LogP contribution in [-0.4, -0.2) is 24.4 Å². The van der Waals surface area contributed by atoms with Crippen LogP contribution in [0.1, 0.15) is 37.0 Å². The standard InChI is InChI=1S/C30H30O2S/c1-30(2,32-3)17-6-4-5-9-27(22-31)20-26-12-7-10-24(19-26)14-15-25-11-8-13-28(21-25)29-16-18-33-23-29/h4-5,7-8,10-16,18-21,23,31H,9,22H2,1-3H3/b5-4+,15-14+,27-20+. The second-order valence-electron chi connectivity index (χ2n) is 8.19. The zero-order chi connectivity index (χ0) is 23.5. The lowest BCUT2D eigenvalue weighted by Crippen LogP contribution is -2.18. The summed E-state index contributed by atoms with van der Waals surface area (Å²) in [6.45, 7) is 3.86. The van der Waals surface area contributed by atoms with Crippen molar-refractivity contribution < 1.29 is 9.84 Å². The van der Waals surface area contributed by atoms with Crippen molar-refractivity contribution in [1.82, 2.24) is 0 Å². The van der Waals surface area contributed by atoms with Crippen LogP contribution < -0.4 is 0 Å². The van der Waals surface area contributed by atoms with Crippen LogP contribution in [0.2, 0.25) is 0 Å². The molecule has 3 heteroatoms. The van der Waals surface area contributed by atoms with Gasteiger partial charge in [0.1, 0.15) is 5.60 Å². The molecule has 0 atom stereocenters. The number of allylic oxidation sites excluding steroid dienone is 2. The van der Waals surface area contributed by atoms with Gasteiger partial charge in [0.2, 0.25) is 0 Å². The molecular weight excluding hydrogens is 424 g/mol. The third-order valence-electron chi connectivity index (χ3n) is 5.16. The zero-order valence-electron chi connectivity index (χ0n) is 19.4. The normalized spacial score (nSPS) is 12.3. The highest BCUT2D eigenvalue weighted by atomic mass is 32.1. The maximum absolute atomic E-state index is 9.77. The van der Waals surface area contributed by atoms with E-state index in [-0.39, 0.29) is 6.61 Å². The lowest BCUT2D eigenvalue weighted by molar-refractivity contribution is 0.0742. The molecule has 3 aromatic rings. The number of hydrogen-bond donors (Lipinski definition) is 1. The Balaban J connectivity index is 1.68. The molecule has 0 aliphatic rings. The van der Waals surface area contributed by atoms with Crippen LogP contribution in [0.15, 0.2) is 83.1 Å². The minimum atomic E-state index is -0.459. The molecule has 0 aliphatic heterocycles. The summed E-state index contributed by atoms with van der Waals surface area (Å²) in [6, 6.07) is 19.0. The number of benzene rings is 2. The van der Waals surface area contributed by atoms with Gasteiger partial charge in [-0.2, -0.15) is 11.3 Å². The van der Waals surface area contributed by atoms with Crippen LogP contribution in [0, 0.1) is 11.8 Å². The summed E-state index contributed by atoms with van der Waals surface area (Å²) in [5, 5.41) is 14.0. The first-order valence-corrected chi connectivity index (χ1v) is 11.9. The van der Waals surface area contributed by atoms with Crippen molar-refractivity contribution in [3.63, 3.8) is 0 Å². The Kier molecular flexibility index (Phi) is 9.04. The highest BCUT2D eigenvalue weighted by molar-refractivity contribution is 7.08. The second kappa shape index (κ2) is 12.2. The largest absolute Gasteiger partial charge is 0.392 e. The second-order valence-corrected chi connectivity index (χ2v) is 8.97. The summed E-state index contributed by atoms with van der Waals surface area (Å²) >= 11 is 1.71. The molecule has 1 aromatic heterocycles. The molecule has 0 radical (unpaired) electrons. The maximum Gasteiger partial charge on any atom is 0.123 e. The van der Waals surface area contributed by atoms with Gasteiger partial charge in [-0.3, -0.25) is 0 Å². The maximum atomic E-state index is 9.77. The fourth-order valence-electron chi connectivity index (χ4n) is 3.14. The van der Waals surface area contributed by atoms with Gasteiger partial charge in [0, 0.05) is 7.11 Å². The van der Waals surface area contributed by atoms with Gasteiger partial charge in [0.25, 0.3) is 0 Å². The molecule has 3 rings (SSSR count). The molecule has 33 heavy (non-hydrogen) atoms. The molecule has 0 amide bonds. The Morgan fingerprint density at radius 1 is 1.00 bits per heavy atom. The third-order valence-corrected chi connectivity index (χ3v) is 5.84. The van der Waals surface area contributed by atoms with Gasteiger partial charge in [-0.25, -0.2) is 0 Å². The third kappa shape index (κ3) is 8.04. The molecule has 0 spiro atoms. The fraction of sp³-hybridized carbons (Fsp3) is 0.200. The molecule has 2 nitrogen and oxygen atoms in total. The first-order chi connectivity index (χ1) is 16.0. The number of aliphatic hydroxyl groups is 1. The smallest absolute Gasteiger partial charge is 0.123 e. The van der Waals surface area contributed by atoms with Crippen LogP contribution in [0.3, 0.4) is 0 Å². The van der Waals surface area contributed by atoms with Gasteiger partial charge >= 0.3 is 0 Å². The molecule has 0 saturated heterocycles. The molecule has 2 aromatic carbocycles. The van der Waals surface area contributed by atoms with Crippen molar-refractivity contribution in [3.05, 3.63) is 99.8 Å². The Labute approximate surface area is 201 Å².